The third-order valence-electron chi connectivity index (χ3n) is 3.72. The van der Waals surface area contributed by atoms with Crippen molar-refractivity contribution in [3.63, 3.8) is 0 Å². The van der Waals surface area contributed by atoms with Gasteiger partial charge in [-0.15, -0.1) is 0 Å². The molecule has 1 aromatic heterocycles. The summed E-state index contributed by atoms with van der Waals surface area (Å²) in [4.78, 5) is 2.23. The molecule has 0 radical (unpaired) electrons. The highest BCUT2D eigenvalue weighted by Crippen LogP contribution is 2.27. The number of benzene rings is 1. The van der Waals surface area contributed by atoms with Gasteiger partial charge in [0.1, 0.15) is 0 Å². The molecular weight excluding hydrogens is 248 g/mol. The van der Waals surface area contributed by atoms with Gasteiger partial charge in [-0.05, 0) is 32.4 Å². The normalized spacial score (nSPS) is 12.7. The molecule has 2 aromatic rings. The SMILES string of the molecule is Cc1ccccc1N(C)C(CN)c1cnn(C(C)C)c1. The average Bonchev–Trinajstić information content (AvgIpc) is 2.89. The molecule has 0 fully saturated rings. The maximum atomic E-state index is 6.00. The molecule has 0 aliphatic carbocycles. The summed E-state index contributed by atoms with van der Waals surface area (Å²) in [6, 6.07) is 8.88. The zero-order chi connectivity index (χ0) is 14.7. The molecule has 0 aliphatic rings. The van der Waals surface area contributed by atoms with Crippen molar-refractivity contribution in [1.29, 1.82) is 0 Å². The van der Waals surface area contributed by atoms with Gasteiger partial charge in [-0.1, -0.05) is 18.2 Å². The van der Waals surface area contributed by atoms with Gasteiger partial charge in [0.15, 0.2) is 0 Å². The summed E-state index contributed by atoms with van der Waals surface area (Å²) in [5.41, 5.74) is 9.62. The van der Waals surface area contributed by atoms with E-state index in [0.29, 0.717) is 12.6 Å². The van der Waals surface area contributed by atoms with Gasteiger partial charge in [0.25, 0.3) is 0 Å². The predicted octanol–water partition coefficient (Wildman–Crippen LogP) is 2.91. The molecular formula is C16H24N4. The number of aryl methyl sites for hydroxylation is 1. The predicted molar refractivity (Wildman–Crippen MR) is 84.0 cm³/mol. The minimum atomic E-state index is 0.142. The molecule has 1 unspecified atom stereocenters. The Morgan fingerprint density at radius 3 is 2.55 bits per heavy atom. The van der Waals surface area contributed by atoms with Gasteiger partial charge in [0.05, 0.1) is 12.2 Å². The number of rotatable bonds is 5. The first-order valence-electron chi connectivity index (χ1n) is 7.07. The van der Waals surface area contributed by atoms with Crippen LogP contribution in [-0.4, -0.2) is 23.4 Å². The summed E-state index contributed by atoms with van der Waals surface area (Å²) < 4.78 is 1.98. The van der Waals surface area contributed by atoms with Crippen molar-refractivity contribution < 1.29 is 0 Å². The van der Waals surface area contributed by atoms with Crippen molar-refractivity contribution in [3.05, 3.63) is 47.8 Å². The molecule has 1 aromatic carbocycles. The summed E-state index contributed by atoms with van der Waals surface area (Å²) in [6.45, 7) is 6.93. The van der Waals surface area contributed by atoms with E-state index in [1.807, 2.05) is 10.9 Å². The molecule has 0 spiro atoms. The maximum absolute atomic E-state index is 6.00. The number of nitrogens with two attached hydrogens (primary N) is 1. The fourth-order valence-electron chi connectivity index (χ4n) is 2.45. The van der Waals surface area contributed by atoms with E-state index in [2.05, 4.69) is 68.3 Å². The molecule has 108 valence electrons. The second kappa shape index (κ2) is 6.09. The van der Waals surface area contributed by atoms with E-state index < -0.39 is 0 Å². The van der Waals surface area contributed by atoms with E-state index >= 15 is 0 Å². The Balaban J connectivity index is 2.29. The number of para-hydroxylation sites is 1. The Kier molecular flexibility index (Phi) is 4.45. The van der Waals surface area contributed by atoms with Crippen LogP contribution in [0.5, 0.6) is 0 Å². The van der Waals surface area contributed by atoms with Crippen LogP contribution in [0.15, 0.2) is 36.7 Å². The van der Waals surface area contributed by atoms with E-state index in [1.165, 1.54) is 11.3 Å². The number of hydrogen-bond acceptors (Lipinski definition) is 3. The lowest BCUT2D eigenvalue weighted by Gasteiger charge is -2.29. The van der Waals surface area contributed by atoms with Crippen LogP contribution in [0, 0.1) is 6.92 Å². The highest BCUT2D eigenvalue weighted by Gasteiger charge is 2.19. The number of likely N-dealkylation sites (N-methyl/N-ethyl adjacent to an activating group) is 1. The van der Waals surface area contributed by atoms with Crippen LogP contribution in [0.4, 0.5) is 5.69 Å². The lowest BCUT2D eigenvalue weighted by atomic mass is 10.1. The average molecular weight is 272 g/mol. The Hall–Kier alpha value is -1.81. The minimum Gasteiger partial charge on any atom is -0.366 e. The number of nitrogens with zero attached hydrogens (tertiary/aromatic N) is 3. The smallest absolute Gasteiger partial charge is 0.0692 e. The van der Waals surface area contributed by atoms with E-state index in [-0.39, 0.29) is 6.04 Å². The molecule has 2 N–H and O–H groups in total. The third kappa shape index (κ3) is 2.85. The highest BCUT2D eigenvalue weighted by molar-refractivity contribution is 5.54. The first-order chi connectivity index (χ1) is 9.54. The van der Waals surface area contributed by atoms with Crippen LogP contribution in [0.1, 0.15) is 37.1 Å². The molecule has 2 rings (SSSR count). The second-order valence-corrected chi connectivity index (χ2v) is 5.50. The fourth-order valence-corrected chi connectivity index (χ4v) is 2.45. The molecule has 0 bridgehead atoms. The summed E-state index contributed by atoms with van der Waals surface area (Å²) in [7, 11) is 2.09. The highest BCUT2D eigenvalue weighted by atomic mass is 15.3. The topological polar surface area (TPSA) is 47.1 Å². The largest absolute Gasteiger partial charge is 0.366 e. The maximum Gasteiger partial charge on any atom is 0.0692 e. The molecule has 4 nitrogen and oxygen atoms in total. The molecule has 0 saturated carbocycles. The van der Waals surface area contributed by atoms with Gasteiger partial charge in [-0.25, -0.2) is 0 Å². The number of aromatic nitrogens is 2. The molecule has 20 heavy (non-hydrogen) atoms. The van der Waals surface area contributed by atoms with Crippen LogP contribution in [-0.2, 0) is 0 Å². The van der Waals surface area contributed by atoms with Crippen LogP contribution < -0.4 is 10.6 Å². The van der Waals surface area contributed by atoms with E-state index in [9.17, 15) is 0 Å². The lowest BCUT2D eigenvalue weighted by molar-refractivity contribution is 0.531. The van der Waals surface area contributed by atoms with Crippen molar-refractivity contribution in [2.24, 2.45) is 5.73 Å². The van der Waals surface area contributed by atoms with Crippen LogP contribution in [0.3, 0.4) is 0 Å². The summed E-state index contributed by atoms with van der Waals surface area (Å²) in [5.74, 6) is 0. The Labute approximate surface area is 121 Å². The van der Waals surface area contributed by atoms with Gasteiger partial charge >= 0.3 is 0 Å². The number of anilines is 1. The third-order valence-corrected chi connectivity index (χ3v) is 3.72. The summed E-state index contributed by atoms with van der Waals surface area (Å²) >= 11 is 0. The van der Waals surface area contributed by atoms with Gasteiger partial charge < -0.3 is 10.6 Å². The zero-order valence-corrected chi connectivity index (χ0v) is 12.7. The molecule has 0 amide bonds. The first-order valence-corrected chi connectivity index (χ1v) is 7.07. The first kappa shape index (κ1) is 14.6. The van der Waals surface area contributed by atoms with Crippen molar-refractivity contribution in [1.82, 2.24) is 9.78 Å². The van der Waals surface area contributed by atoms with Gasteiger partial charge in [0.2, 0.25) is 0 Å². The van der Waals surface area contributed by atoms with Crippen molar-refractivity contribution in [3.8, 4) is 0 Å². The monoisotopic (exact) mass is 272 g/mol. The van der Waals surface area contributed by atoms with Crippen LogP contribution >= 0.6 is 0 Å². The van der Waals surface area contributed by atoms with E-state index in [1.54, 1.807) is 0 Å². The lowest BCUT2D eigenvalue weighted by Crippen LogP contribution is -2.30. The molecule has 1 heterocycles. The van der Waals surface area contributed by atoms with E-state index in [0.717, 1.165) is 5.56 Å². The fraction of sp³-hybridized carbons (Fsp3) is 0.438. The van der Waals surface area contributed by atoms with Crippen molar-refractivity contribution >= 4 is 5.69 Å². The Bertz CT molecular complexity index is 559. The number of hydrogen-bond donors (Lipinski definition) is 1. The molecule has 1 atom stereocenters. The minimum absolute atomic E-state index is 0.142. The van der Waals surface area contributed by atoms with Crippen molar-refractivity contribution in [2.75, 3.05) is 18.5 Å². The molecule has 4 heteroatoms. The van der Waals surface area contributed by atoms with Gasteiger partial charge in [-0.3, -0.25) is 4.68 Å². The van der Waals surface area contributed by atoms with E-state index in [4.69, 9.17) is 5.73 Å². The van der Waals surface area contributed by atoms with Crippen LogP contribution in [0.25, 0.3) is 0 Å². The van der Waals surface area contributed by atoms with Crippen molar-refractivity contribution in [2.45, 2.75) is 32.9 Å². The zero-order valence-electron chi connectivity index (χ0n) is 12.7. The Morgan fingerprint density at radius 2 is 2.00 bits per heavy atom. The summed E-state index contributed by atoms with van der Waals surface area (Å²) in [6.07, 6.45) is 4.02. The van der Waals surface area contributed by atoms with Crippen LogP contribution in [0.2, 0.25) is 0 Å². The standard InChI is InChI=1S/C16H24N4/c1-12(2)20-11-14(10-18-20)16(9-17)19(4)15-8-6-5-7-13(15)3/h5-8,10-12,16H,9,17H2,1-4H3. The molecule has 0 aliphatic heterocycles. The quantitative estimate of drug-likeness (QED) is 0.910. The summed E-state index contributed by atoms with van der Waals surface area (Å²) in [5, 5.41) is 4.42. The Morgan fingerprint density at radius 1 is 1.30 bits per heavy atom. The van der Waals surface area contributed by atoms with Gasteiger partial charge in [-0.2, -0.15) is 5.10 Å². The molecule has 0 saturated heterocycles. The van der Waals surface area contributed by atoms with Gasteiger partial charge in [0, 0.05) is 37.1 Å². The second-order valence-electron chi connectivity index (χ2n) is 5.50.